The van der Waals surface area contributed by atoms with E-state index in [1.165, 1.54) is 6.92 Å². The van der Waals surface area contributed by atoms with Crippen LogP contribution in [0.5, 0.6) is 5.75 Å². The predicted octanol–water partition coefficient (Wildman–Crippen LogP) is 0.344. The maximum atomic E-state index is 11.6. The van der Waals surface area contributed by atoms with Gasteiger partial charge in [0.1, 0.15) is 5.75 Å². The molecule has 0 aliphatic rings. The lowest BCUT2D eigenvalue weighted by Gasteiger charge is -2.14. The molecule has 1 N–H and O–H groups in total. The summed E-state index contributed by atoms with van der Waals surface area (Å²) in [5.74, 6) is -1.08. The standard InChI is InChI=1S/C13H17NO4/c1-3-8-18-11-6-4-10(5-7-11)12(15)14-9(2)13(16)17/h4-7,9H,3,8H2,1-2H3,(H,14,15)(H,16,17)/p-1/t9-/m0/s1. The first-order valence-corrected chi connectivity index (χ1v) is 5.79. The number of carboxylic acid groups (broad SMARTS) is 1. The monoisotopic (exact) mass is 250 g/mol. The van der Waals surface area contributed by atoms with Gasteiger partial charge in [0.25, 0.3) is 5.91 Å². The maximum Gasteiger partial charge on any atom is 0.251 e. The number of carbonyl (C=O) groups is 2. The Balaban J connectivity index is 2.61. The summed E-state index contributed by atoms with van der Waals surface area (Å²) in [4.78, 5) is 22.1. The van der Waals surface area contributed by atoms with Crippen molar-refractivity contribution < 1.29 is 19.4 Å². The Morgan fingerprint density at radius 2 is 1.94 bits per heavy atom. The average Bonchev–Trinajstić information content (AvgIpc) is 2.36. The van der Waals surface area contributed by atoms with Gasteiger partial charge in [-0.2, -0.15) is 0 Å². The van der Waals surface area contributed by atoms with Crippen molar-refractivity contribution in [2.45, 2.75) is 26.3 Å². The van der Waals surface area contributed by atoms with E-state index in [0.717, 1.165) is 6.42 Å². The lowest BCUT2D eigenvalue weighted by Crippen LogP contribution is -2.45. The van der Waals surface area contributed by atoms with Crippen molar-refractivity contribution in [1.29, 1.82) is 0 Å². The van der Waals surface area contributed by atoms with Crippen molar-refractivity contribution in [1.82, 2.24) is 5.32 Å². The lowest BCUT2D eigenvalue weighted by atomic mass is 10.2. The van der Waals surface area contributed by atoms with Crippen LogP contribution in [0.1, 0.15) is 30.6 Å². The van der Waals surface area contributed by atoms with Gasteiger partial charge in [-0.3, -0.25) is 4.79 Å². The van der Waals surface area contributed by atoms with Gasteiger partial charge in [-0.15, -0.1) is 0 Å². The summed E-state index contributed by atoms with van der Waals surface area (Å²) < 4.78 is 5.37. The molecule has 0 heterocycles. The number of ether oxygens (including phenoxy) is 1. The molecule has 1 amide bonds. The van der Waals surface area contributed by atoms with Gasteiger partial charge in [0.05, 0.1) is 18.6 Å². The first-order chi connectivity index (χ1) is 8.54. The van der Waals surface area contributed by atoms with E-state index in [0.29, 0.717) is 17.9 Å². The van der Waals surface area contributed by atoms with Crippen molar-refractivity contribution in [3.05, 3.63) is 29.8 Å². The maximum absolute atomic E-state index is 11.6. The molecule has 0 bridgehead atoms. The number of rotatable bonds is 6. The molecule has 1 atom stereocenters. The number of carbonyl (C=O) groups excluding carboxylic acids is 2. The van der Waals surface area contributed by atoms with Crippen LogP contribution in [-0.2, 0) is 4.79 Å². The quantitative estimate of drug-likeness (QED) is 0.789. The Morgan fingerprint density at radius 1 is 1.33 bits per heavy atom. The largest absolute Gasteiger partial charge is 0.548 e. The molecular formula is C13H16NO4-. The topological polar surface area (TPSA) is 78.5 Å². The third-order valence-electron chi connectivity index (χ3n) is 2.29. The van der Waals surface area contributed by atoms with E-state index in [1.807, 2.05) is 6.92 Å². The fourth-order valence-corrected chi connectivity index (χ4v) is 1.26. The molecule has 0 saturated heterocycles. The van der Waals surface area contributed by atoms with Gasteiger partial charge in [-0.1, -0.05) is 6.92 Å². The van der Waals surface area contributed by atoms with Crippen LogP contribution in [0, 0.1) is 0 Å². The summed E-state index contributed by atoms with van der Waals surface area (Å²) >= 11 is 0. The first-order valence-electron chi connectivity index (χ1n) is 5.79. The van der Waals surface area contributed by atoms with Crippen molar-refractivity contribution in [2.75, 3.05) is 6.61 Å². The van der Waals surface area contributed by atoms with Gasteiger partial charge in [0.15, 0.2) is 0 Å². The summed E-state index contributed by atoms with van der Waals surface area (Å²) in [6, 6.07) is 5.50. The number of hydrogen-bond acceptors (Lipinski definition) is 4. The molecule has 0 aliphatic carbocycles. The van der Waals surface area contributed by atoms with Gasteiger partial charge in [0.2, 0.25) is 0 Å². The number of aliphatic carboxylic acids is 1. The highest BCUT2D eigenvalue weighted by Crippen LogP contribution is 2.12. The van der Waals surface area contributed by atoms with Crippen LogP contribution in [0.2, 0.25) is 0 Å². The normalized spacial score (nSPS) is 11.7. The smallest absolute Gasteiger partial charge is 0.251 e. The average molecular weight is 250 g/mol. The Morgan fingerprint density at radius 3 is 2.44 bits per heavy atom. The molecule has 5 nitrogen and oxygen atoms in total. The Labute approximate surface area is 106 Å². The SMILES string of the molecule is CCCOc1ccc(C(=O)N[C@@H](C)C(=O)[O-])cc1. The van der Waals surface area contributed by atoms with Crippen molar-refractivity contribution in [3.63, 3.8) is 0 Å². The first kappa shape index (κ1) is 14.0. The molecule has 0 spiro atoms. The molecule has 0 aliphatic heterocycles. The van der Waals surface area contributed by atoms with Crippen LogP contribution in [0.4, 0.5) is 0 Å². The summed E-state index contributed by atoms with van der Waals surface area (Å²) in [6.07, 6.45) is 0.908. The fraction of sp³-hybridized carbons (Fsp3) is 0.385. The number of benzene rings is 1. The Bertz CT molecular complexity index is 414. The molecule has 0 aromatic heterocycles. The summed E-state index contributed by atoms with van der Waals surface area (Å²) in [5, 5.41) is 12.8. The second-order valence-electron chi connectivity index (χ2n) is 3.89. The third kappa shape index (κ3) is 4.08. The van der Waals surface area contributed by atoms with E-state index in [1.54, 1.807) is 24.3 Å². The molecular weight excluding hydrogens is 234 g/mol. The van der Waals surface area contributed by atoms with E-state index in [-0.39, 0.29) is 0 Å². The second kappa shape index (κ2) is 6.64. The minimum atomic E-state index is -1.31. The van der Waals surface area contributed by atoms with Crippen molar-refractivity contribution in [2.24, 2.45) is 0 Å². The molecule has 0 radical (unpaired) electrons. The minimum absolute atomic E-state index is 0.381. The molecule has 1 rings (SSSR count). The van der Waals surface area contributed by atoms with Crippen LogP contribution in [0.25, 0.3) is 0 Å². The van der Waals surface area contributed by atoms with Gasteiger partial charge in [0, 0.05) is 5.56 Å². The summed E-state index contributed by atoms with van der Waals surface area (Å²) in [7, 11) is 0. The van der Waals surface area contributed by atoms with Gasteiger partial charge in [-0.25, -0.2) is 0 Å². The molecule has 1 aromatic carbocycles. The van der Waals surface area contributed by atoms with E-state index in [4.69, 9.17) is 4.74 Å². The molecule has 0 unspecified atom stereocenters. The van der Waals surface area contributed by atoms with E-state index < -0.39 is 17.9 Å². The van der Waals surface area contributed by atoms with Crippen LogP contribution in [0.15, 0.2) is 24.3 Å². The van der Waals surface area contributed by atoms with Crippen LogP contribution in [0.3, 0.4) is 0 Å². The molecule has 0 fully saturated rings. The molecule has 1 aromatic rings. The zero-order valence-corrected chi connectivity index (χ0v) is 10.4. The van der Waals surface area contributed by atoms with Crippen LogP contribution in [-0.4, -0.2) is 24.5 Å². The number of amides is 1. The second-order valence-corrected chi connectivity index (χ2v) is 3.89. The number of nitrogens with one attached hydrogen (secondary N) is 1. The molecule has 5 heteroatoms. The lowest BCUT2D eigenvalue weighted by molar-refractivity contribution is -0.307. The zero-order valence-electron chi connectivity index (χ0n) is 10.4. The Kier molecular flexibility index (Phi) is 5.17. The van der Waals surface area contributed by atoms with E-state index >= 15 is 0 Å². The van der Waals surface area contributed by atoms with E-state index in [2.05, 4.69) is 5.32 Å². The van der Waals surface area contributed by atoms with E-state index in [9.17, 15) is 14.7 Å². The fourth-order valence-electron chi connectivity index (χ4n) is 1.26. The highest BCUT2D eigenvalue weighted by atomic mass is 16.5. The highest BCUT2D eigenvalue weighted by Gasteiger charge is 2.10. The van der Waals surface area contributed by atoms with Crippen molar-refractivity contribution in [3.8, 4) is 5.75 Å². The number of carboxylic acids is 1. The molecule has 98 valence electrons. The van der Waals surface area contributed by atoms with Gasteiger partial charge in [-0.05, 0) is 37.6 Å². The zero-order chi connectivity index (χ0) is 13.5. The predicted molar refractivity (Wildman–Crippen MR) is 64.2 cm³/mol. The number of hydrogen-bond donors (Lipinski definition) is 1. The van der Waals surface area contributed by atoms with Gasteiger partial charge >= 0.3 is 0 Å². The Hall–Kier alpha value is -2.04. The summed E-state index contributed by atoms with van der Waals surface area (Å²) in [5.41, 5.74) is 0.381. The highest BCUT2D eigenvalue weighted by molar-refractivity contribution is 5.96. The molecule has 18 heavy (non-hydrogen) atoms. The minimum Gasteiger partial charge on any atom is -0.548 e. The van der Waals surface area contributed by atoms with Crippen LogP contribution < -0.4 is 15.2 Å². The van der Waals surface area contributed by atoms with Crippen LogP contribution >= 0.6 is 0 Å². The molecule has 0 saturated carbocycles. The third-order valence-corrected chi connectivity index (χ3v) is 2.29. The van der Waals surface area contributed by atoms with Gasteiger partial charge < -0.3 is 20.0 Å². The summed E-state index contributed by atoms with van der Waals surface area (Å²) in [6.45, 7) is 3.97. The van der Waals surface area contributed by atoms with Crippen molar-refractivity contribution >= 4 is 11.9 Å².